The number of carbonyl (C=O) groups excluding carboxylic acids is 1. The Hall–Kier alpha value is -1.32. The van der Waals surface area contributed by atoms with Crippen molar-refractivity contribution in [1.82, 2.24) is 15.1 Å². The van der Waals surface area contributed by atoms with Crippen LogP contribution in [0.4, 0.5) is 0 Å². The Kier molecular flexibility index (Phi) is 5.39. The first-order chi connectivity index (χ1) is 7.78. The average molecular weight is 239 g/mol. The van der Waals surface area contributed by atoms with Crippen molar-refractivity contribution in [2.24, 2.45) is 0 Å². The highest BCUT2D eigenvalue weighted by atomic mass is 16.2. The first-order valence-electron chi connectivity index (χ1n) is 6.02. The summed E-state index contributed by atoms with van der Waals surface area (Å²) in [6.45, 7) is 11.7. The van der Waals surface area contributed by atoms with Gasteiger partial charge in [-0.1, -0.05) is 13.8 Å². The van der Waals surface area contributed by atoms with Crippen molar-refractivity contribution in [3.05, 3.63) is 17.0 Å². The second kappa shape index (κ2) is 5.84. The Labute approximate surface area is 104 Å². The molecule has 0 atom stereocenters. The molecule has 4 nitrogen and oxygen atoms in total. The van der Waals surface area contributed by atoms with Gasteiger partial charge in [0.25, 0.3) is 0 Å². The first kappa shape index (κ1) is 15.7. The fourth-order valence-corrected chi connectivity index (χ4v) is 1.75. The van der Waals surface area contributed by atoms with Crippen molar-refractivity contribution in [3.8, 4) is 0 Å². The lowest BCUT2D eigenvalue weighted by Crippen LogP contribution is -2.40. The van der Waals surface area contributed by atoms with Gasteiger partial charge in [0.2, 0.25) is 5.91 Å². The van der Waals surface area contributed by atoms with Gasteiger partial charge in [-0.15, -0.1) is 0 Å². The number of likely N-dealkylation sites (N-methyl/N-ethyl adjacent to an activating group) is 1. The van der Waals surface area contributed by atoms with Crippen LogP contribution in [0.5, 0.6) is 0 Å². The van der Waals surface area contributed by atoms with Crippen molar-refractivity contribution < 1.29 is 4.79 Å². The molecule has 0 spiro atoms. The molecule has 1 heterocycles. The highest BCUT2D eigenvalue weighted by molar-refractivity contribution is 5.86. The minimum atomic E-state index is -0.571. The number of nitrogens with one attached hydrogen (secondary N) is 1. The van der Waals surface area contributed by atoms with E-state index in [-0.39, 0.29) is 5.91 Å². The Bertz CT molecular complexity index is 378. The molecule has 1 N–H and O–H groups in total. The van der Waals surface area contributed by atoms with Crippen LogP contribution in [0.15, 0.2) is 0 Å². The van der Waals surface area contributed by atoms with E-state index in [1.807, 2.05) is 41.5 Å². The number of hydrogen-bond acceptors (Lipinski definition) is 2. The number of aryl methyl sites for hydroxylation is 1. The standard InChI is InChI=1S/C11H19N3O.C2H6/c1-7-8(2)12-13-9(7)11(3,4)10(15)14(5)6;1-2/h1-6H3,(H,12,13);1-2H3. The molecule has 98 valence electrons. The molecule has 0 aliphatic carbocycles. The van der Waals surface area contributed by atoms with E-state index in [1.165, 1.54) is 0 Å². The molecule has 0 saturated carbocycles. The summed E-state index contributed by atoms with van der Waals surface area (Å²) >= 11 is 0. The topological polar surface area (TPSA) is 49.0 Å². The Balaban J connectivity index is 0.00000121. The lowest BCUT2D eigenvalue weighted by atomic mass is 9.85. The van der Waals surface area contributed by atoms with E-state index < -0.39 is 5.41 Å². The van der Waals surface area contributed by atoms with Crippen molar-refractivity contribution in [2.75, 3.05) is 14.1 Å². The third kappa shape index (κ3) is 3.08. The average Bonchev–Trinajstić information content (AvgIpc) is 2.61. The third-order valence-corrected chi connectivity index (χ3v) is 2.79. The summed E-state index contributed by atoms with van der Waals surface area (Å²) < 4.78 is 0. The van der Waals surface area contributed by atoms with Gasteiger partial charge < -0.3 is 4.90 Å². The summed E-state index contributed by atoms with van der Waals surface area (Å²) in [6.07, 6.45) is 0. The molecule has 0 aliphatic rings. The van der Waals surface area contributed by atoms with E-state index >= 15 is 0 Å². The molecule has 4 heteroatoms. The maximum absolute atomic E-state index is 12.0. The van der Waals surface area contributed by atoms with Crippen LogP contribution in [-0.4, -0.2) is 35.1 Å². The molecule has 0 unspecified atom stereocenters. The molecule has 0 fully saturated rings. The van der Waals surface area contributed by atoms with Gasteiger partial charge >= 0.3 is 0 Å². The van der Waals surface area contributed by atoms with Gasteiger partial charge in [0.05, 0.1) is 11.1 Å². The quantitative estimate of drug-likeness (QED) is 0.861. The van der Waals surface area contributed by atoms with Crippen molar-refractivity contribution in [2.45, 2.75) is 47.0 Å². The van der Waals surface area contributed by atoms with Gasteiger partial charge in [0.1, 0.15) is 0 Å². The fraction of sp³-hybridized carbons (Fsp3) is 0.692. The maximum atomic E-state index is 12.0. The van der Waals surface area contributed by atoms with Crippen molar-refractivity contribution in [1.29, 1.82) is 0 Å². The van der Waals surface area contributed by atoms with E-state index in [4.69, 9.17) is 0 Å². The highest BCUT2D eigenvalue weighted by Crippen LogP contribution is 2.27. The highest BCUT2D eigenvalue weighted by Gasteiger charge is 2.35. The molecule has 0 radical (unpaired) electrons. The van der Waals surface area contributed by atoms with Crippen LogP contribution in [0.2, 0.25) is 0 Å². The van der Waals surface area contributed by atoms with E-state index in [0.29, 0.717) is 0 Å². The van der Waals surface area contributed by atoms with Crippen LogP contribution < -0.4 is 0 Å². The number of amides is 1. The molecule has 0 aliphatic heterocycles. The van der Waals surface area contributed by atoms with Crippen LogP contribution in [0, 0.1) is 13.8 Å². The molecule has 1 aromatic heterocycles. The molecular formula is C13H25N3O. The van der Waals surface area contributed by atoms with Gasteiger partial charge in [-0.3, -0.25) is 9.89 Å². The molecule has 1 aromatic rings. The molecule has 0 aromatic carbocycles. The van der Waals surface area contributed by atoms with Gasteiger partial charge in [0, 0.05) is 19.8 Å². The summed E-state index contributed by atoms with van der Waals surface area (Å²) in [4.78, 5) is 13.6. The minimum Gasteiger partial charge on any atom is -0.348 e. The predicted octanol–water partition coefficient (Wildman–Crippen LogP) is 2.42. The van der Waals surface area contributed by atoms with Crippen LogP contribution in [0.3, 0.4) is 0 Å². The third-order valence-electron chi connectivity index (χ3n) is 2.79. The second-order valence-electron chi connectivity index (χ2n) is 4.65. The first-order valence-corrected chi connectivity index (χ1v) is 6.02. The lowest BCUT2D eigenvalue weighted by Gasteiger charge is -2.26. The number of hydrogen-bond donors (Lipinski definition) is 1. The predicted molar refractivity (Wildman–Crippen MR) is 71.1 cm³/mol. The summed E-state index contributed by atoms with van der Waals surface area (Å²) in [6, 6.07) is 0. The van der Waals surface area contributed by atoms with Crippen LogP contribution in [-0.2, 0) is 10.2 Å². The van der Waals surface area contributed by atoms with Gasteiger partial charge in [0.15, 0.2) is 0 Å². The van der Waals surface area contributed by atoms with Gasteiger partial charge in [-0.05, 0) is 33.3 Å². The Morgan fingerprint density at radius 3 is 2.00 bits per heavy atom. The number of rotatable bonds is 2. The molecule has 1 rings (SSSR count). The Morgan fingerprint density at radius 1 is 1.24 bits per heavy atom. The number of H-pyrrole nitrogens is 1. The molecule has 1 amide bonds. The maximum Gasteiger partial charge on any atom is 0.233 e. The van der Waals surface area contributed by atoms with Gasteiger partial charge in [-0.2, -0.15) is 5.10 Å². The summed E-state index contributed by atoms with van der Waals surface area (Å²) in [7, 11) is 3.53. The monoisotopic (exact) mass is 239 g/mol. The van der Waals surface area contributed by atoms with Gasteiger partial charge in [-0.25, -0.2) is 0 Å². The van der Waals surface area contributed by atoms with Crippen LogP contribution in [0.25, 0.3) is 0 Å². The zero-order chi connectivity index (χ0) is 13.8. The van der Waals surface area contributed by atoms with E-state index in [1.54, 1.807) is 19.0 Å². The summed E-state index contributed by atoms with van der Waals surface area (Å²) in [5, 5.41) is 7.13. The second-order valence-corrected chi connectivity index (χ2v) is 4.65. The zero-order valence-corrected chi connectivity index (χ0v) is 12.3. The summed E-state index contributed by atoms with van der Waals surface area (Å²) in [5.74, 6) is 0.0668. The van der Waals surface area contributed by atoms with E-state index in [0.717, 1.165) is 17.0 Å². The van der Waals surface area contributed by atoms with Crippen molar-refractivity contribution in [3.63, 3.8) is 0 Å². The largest absolute Gasteiger partial charge is 0.348 e. The van der Waals surface area contributed by atoms with Crippen LogP contribution in [0.1, 0.15) is 44.6 Å². The summed E-state index contributed by atoms with van der Waals surface area (Å²) in [5.41, 5.74) is 2.34. The minimum absolute atomic E-state index is 0.0668. The molecule has 17 heavy (non-hydrogen) atoms. The normalized spacial score (nSPS) is 10.6. The number of carbonyl (C=O) groups is 1. The van der Waals surface area contributed by atoms with Crippen molar-refractivity contribution >= 4 is 5.91 Å². The number of nitrogens with zero attached hydrogens (tertiary/aromatic N) is 2. The van der Waals surface area contributed by atoms with E-state index in [2.05, 4.69) is 10.2 Å². The number of aromatic amines is 1. The SMILES string of the molecule is CC.Cc1[nH]nc(C(C)(C)C(=O)N(C)C)c1C. The number of aromatic nitrogens is 2. The smallest absolute Gasteiger partial charge is 0.233 e. The molecule has 0 saturated heterocycles. The lowest BCUT2D eigenvalue weighted by molar-refractivity contribution is -0.133. The Morgan fingerprint density at radius 2 is 1.71 bits per heavy atom. The van der Waals surface area contributed by atoms with E-state index in [9.17, 15) is 4.79 Å². The van der Waals surface area contributed by atoms with Crippen LogP contribution >= 0.6 is 0 Å². The molecular weight excluding hydrogens is 214 g/mol. The zero-order valence-electron chi connectivity index (χ0n) is 12.3. The molecule has 0 bridgehead atoms. The fourth-order valence-electron chi connectivity index (χ4n) is 1.75.